The Morgan fingerprint density at radius 3 is 2.33 bits per heavy atom. The number of carbonyl (C=O) groups is 1. The Morgan fingerprint density at radius 2 is 2.17 bits per heavy atom. The molecule has 6 heavy (non-hydrogen) atoms. The fraction of sp³-hybridized carbons (Fsp3) is 0.500. The molecule has 0 aliphatic heterocycles. The lowest BCUT2D eigenvalue weighted by Crippen LogP contribution is -1.71. The van der Waals surface area contributed by atoms with Gasteiger partial charge in [0.1, 0.15) is 6.29 Å². The molecule has 0 radical (unpaired) electrons. The van der Waals surface area contributed by atoms with Gasteiger partial charge in [-0.1, -0.05) is 12.2 Å². The number of unbranched alkanes of at least 4 members (excludes halogenated alkanes) is 1. The smallest absolute Gasteiger partial charge is 0.120 e. The summed E-state index contributed by atoms with van der Waals surface area (Å²) in [4.78, 5) is 9.50. The number of hydrogen-bond acceptors (Lipinski definition) is 2. The van der Waals surface area contributed by atoms with Gasteiger partial charge in [-0.25, -0.2) is 0 Å². The van der Waals surface area contributed by atoms with Crippen LogP contribution in [0.25, 0.3) is 0 Å². The molecule has 0 aliphatic carbocycles. The highest BCUT2D eigenvalue weighted by atomic mass is 32.1. The third kappa shape index (κ3) is 3.76. The van der Waals surface area contributed by atoms with E-state index in [-0.39, 0.29) is 0 Å². The average molecular weight is 102 g/mol. The minimum absolute atomic E-state index is 0.573. The highest BCUT2D eigenvalue weighted by Gasteiger charge is 1.71. The maximum atomic E-state index is 9.50. The number of rotatable bonds is 3. The molecule has 0 atom stereocenters. The van der Waals surface area contributed by atoms with Gasteiger partial charge in [0.05, 0.1) is 0 Å². The second-order valence-corrected chi connectivity index (χ2v) is 1.24. The number of carbonyl (C=O) groups excluding carboxylic acids is 1. The predicted octanol–water partition coefficient (Wildman–Crippen LogP) is 0.965. The van der Waals surface area contributed by atoms with Gasteiger partial charge in [-0.05, 0) is 11.8 Å². The Hall–Kier alpha value is -0.240. The molecule has 0 aromatic rings. The second-order valence-electron chi connectivity index (χ2n) is 0.911. The topological polar surface area (TPSA) is 17.1 Å². The molecule has 0 aromatic heterocycles. The van der Waals surface area contributed by atoms with E-state index < -0.39 is 0 Å². The SMILES string of the molecule is O=CCCC=S. The van der Waals surface area contributed by atoms with E-state index in [2.05, 4.69) is 12.2 Å². The third-order valence-corrected chi connectivity index (χ3v) is 0.638. The summed E-state index contributed by atoms with van der Waals surface area (Å²) in [5, 5.41) is 1.56. The molecule has 1 nitrogen and oxygen atoms in total. The molecule has 0 amide bonds. The molecule has 0 heterocycles. The van der Waals surface area contributed by atoms with Crippen LogP contribution in [-0.4, -0.2) is 11.7 Å². The summed E-state index contributed by atoms with van der Waals surface area (Å²) >= 11 is 4.43. The maximum absolute atomic E-state index is 9.50. The van der Waals surface area contributed by atoms with Crippen molar-refractivity contribution in [1.82, 2.24) is 0 Å². The van der Waals surface area contributed by atoms with Crippen LogP contribution in [0.5, 0.6) is 0 Å². The molecule has 0 spiro atoms. The Balaban J connectivity index is 2.66. The molecule has 0 aromatic carbocycles. The zero-order valence-corrected chi connectivity index (χ0v) is 4.20. The van der Waals surface area contributed by atoms with Crippen molar-refractivity contribution in [3.8, 4) is 0 Å². The lowest BCUT2D eigenvalue weighted by Gasteiger charge is -1.71. The lowest BCUT2D eigenvalue weighted by atomic mass is 10.4. The first-order valence-electron chi connectivity index (χ1n) is 1.79. The standard InChI is InChI=1S/C4H6OS/c5-3-1-2-4-6/h3-4H,1-2H2. The Morgan fingerprint density at radius 1 is 1.50 bits per heavy atom. The first-order chi connectivity index (χ1) is 2.91. The first-order valence-corrected chi connectivity index (χ1v) is 2.26. The quantitative estimate of drug-likeness (QED) is 0.300. The van der Waals surface area contributed by atoms with Gasteiger partial charge >= 0.3 is 0 Å². The predicted molar refractivity (Wildman–Crippen MR) is 29.0 cm³/mol. The van der Waals surface area contributed by atoms with Crippen molar-refractivity contribution in [2.45, 2.75) is 12.8 Å². The summed E-state index contributed by atoms with van der Waals surface area (Å²) in [7, 11) is 0. The fourth-order valence-corrected chi connectivity index (χ4v) is 0.272. The summed E-state index contributed by atoms with van der Waals surface area (Å²) in [6.07, 6.45) is 2.17. The molecule has 0 saturated carbocycles. The van der Waals surface area contributed by atoms with E-state index in [0.29, 0.717) is 6.42 Å². The molecule has 0 saturated heterocycles. The molecule has 0 rings (SSSR count). The minimum Gasteiger partial charge on any atom is -0.303 e. The van der Waals surface area contributed by atoms with E-state index in [1.54, 1.807) is 5.37 Å². The van der Waals surface area contributed by atoms with Crippen molar-refractivity contribution < 1.29 is 4.79 Å². The number of aldehydes is 1. The van der Waals surface area contributed by atoms with Crippen molar-refractivity contribution in [1.29, 1.82) is 0 Å². The molecular formula is C4H6OS. The lowest BCUT2D eigenvalue weighted by molar-refractivity contribution is -0.107. The van der Waals surface area contributed by atoms with Crippen molar-refractivity contribution in [3.05, 3.63) is 0 Å². The van der Waals surface area contributed by atoms with Crippen LogP contribution in [0, 0.1) is 0 Å². The fourth-order valence-electron chi connectivity index (χ4n) is 0.136. The Labute approximate surface area is 42.4 Å². The van der Waals surface area contributed by atoms with E-state index in [4.69, 9.17) is 0 Å². The van der Waals surface area contributed by atoms with Gasteiger partial charge in [0.2, 0.25) is 0 Å². The molecule has 34 valence electrons. The van der Waals surface area contributed by atoms with Crippen LogP contribution in [0.3, 0.4) is 0 Å². The van der Waals surface area contributed by atoms with Crippen LogP contribution >= 0.6 is 12.2 Å². The summed E-state index contributed by atoms with van der Waals surface area (Å²) in [6.45, 7) is 0. The van der Waals surface area contributed by atoms with E-state index in [1.165, 1.54) is 0 Å². The van der Waals surface area contributed by atoms with Crippen molar-refractivity contribution in [2.24, 2.45) is 0 Å². The maximum Gasteiger partial charge on any atom is 0.120 e. The first kappa shape index (κ1) is 5.76. The molecule has 0 bridgehead atoms. The third-order valence-electron chi connectivity index (χ3n) is 0.402. The summed E-state index contributed by atoms with van der Waals surface area (Å²) in [5.41, 5.74) is 0. The van der Waals surface area contributed by atoms with Crippen LogP contribution in [0.15, 0.2) is 0 Å². The molecule has 0 N–H and O–H groups in total. The van der Waals surface area contributed by atoms with Gasteiger partial charge in [-0.2, -0.15) is 0 Å². The van der Waals surface area contributed by atoms with Crippen LogP contribution in [0.4, 0.5) is 0 Å². The highest BCUT2D eigenvalue weighted by molar-refractivity contribution is 7.78. The normalized spacial score (nSPS) is 7.33. The monoisotopic (exact) mass is 102 g/mol. The average Bonchev–Trinajstić information content (AvgIpc) is 1.61. The van der Waals surface area contributed by atoms with Crippen molar-refractivity contribution >= 4 is 23.9 Å². The zero-order valence-electron chi connectivity index (χ0n) is 3.39. The van der Waals surface area contributed by atoms with Crippen LogP contribution < -0.4 is 0 Å². The van der Waals surface area contributed by atoms with Gasteiger partial charge in [0, 0.05) is 6.42 Å². The largest absolute Gasteiger partial charge is 0.303 e. The highest BCUT2D eigenvalue weighted by Crippen LogP contribution is 1.75. The Kier molecular flexibility index (Phi) is 4.57. The van der Waals surface area contributed by atoms with E-state index >= 15 is 0 Å². The number of hydrogen-bond donors (Lipinski definition) is 0. The molecule has 0 fully saturated rings. The van der Waals surface area contributed by atoms with Gasteiger partial charge in [-0.15, -0.1) is 0 Å². The van der Waals surface area contributed by atoms with Gasteiger partial charge in [-0.3, -0.25) is 0 Å². The summed E-state index contributed by atoms with van der Waals surface area (Å²) in [5.74, 6) is 0. The van der Waals surface area contributed by atoms with Crippen LogP contribution in [0.2, 0.25) is 0 Å². The summed E-state index contributed by atoms with van der Waals surface area (Å²) in [6, 6.07) is 0. The molecular weight excluding hydrogens is 96.1 g/mol. The van der Waals surface area contributed by atoms with Crippen LogP contribution in [0.1, 0.15) is 12.8 Å². The number of thiocarbonyl (C=S) groups is 1. The molecule has 0 aliphatic rings. The van der Waals surface area contributed by atoms with Crippen molar-refractivity contribution in [3.63, 3.8) is 0 Å². The Bertz CT molecular complexity index is 43.5. The minimum atomic E-state index is 0.573. The zero-order chi connectivity index (χ0) is 4.83. The van der Waals surface area contributed by atoms with E-state index in [9.17, 15) is 4.79 Å². The van der Waals surface area contributed by atoms with Crippen LogP contribution in [-0.2, 0) is 4.79 Å². The summed E-state index contributed by atoms with van der Waals surface area (Å²) < 4.78 is 0. The van der Waals surface area contributed by atoms with Gasteiger partial charge in [0.15, 0.2) is 0 Å². The van der Waals surface area contributed by atoms with Crippen molar-refractivity contribution in [2.75, 3.05) is 0 Å². The van der Waals surface area contributed by atoms with Gasteiger partial charge in [0.25, 0.3) is 0 Å². The van der Waals surface area contributed by atoms with E-state index in [1.807, 2.05) is 0 Å². The van der Waals surface area contributed by atoms with Gasteiger partial charge < -0.3 is 4.79 Å². The molecule has 0 unspecified atom stereocenters. The van der Waals surface area contributed by atoms with E-state index in [0.717, 1.165) is 12.7 Å². The molecule has 2 heteroatoms. The second kappa shape index (κ2) is 4.76.